The molecule has 2 rings (SSSR count). The molecule has 1 aromatic rings. The summed E-state index contributed by atoms with van der Waals surface area (Å²) in [7, 11) is 0. The summed E-state index contributed by atoms with van der Waals surface area (Å²) >= 11 is 0. The molecule has 1 heterocycles. The molecule has 1 aliphatic rings. The molecule has 5 heteroatoms. The fourth-order valence-electron chi connectivity index (χ4n) is 2.58. The first-order chi connectivity index (χ1) is 10.2. The second-order valence-corrected chi connectivity index (χ2v) is 5.72. The lowest BCUT2D eigenvalue weighted by molar-refractivity contribution is -0.120. The van der Waals surface area contributed by atoms with E-state index in [1.54, 1.807) is 6.20 Å². The molecule has 116 valence electrons. The number of hydrogen-bond acceptors (Lipinski definition) is 3. The van der Waals surface area contributed by atoms with Gasteiger partial charge in [-0.05, 0) is 45.1 Å². The first-order valence-electron chi connectivity index (χ1n) is 7.89. The normalized spacial score (nSPS) is 16.3. The molecule has 0 saturated heterocycles. The Morgan fingerprint density at radius 3 is 3.10 bits per heavy atom. The van der Waals surface area contributed by atoms with Crippen molar-refractivity contribution in [1.82, 2.24) is 20.4 Å². The van der Waals surface area contributed by atoms with Crippen molar-refractivity contribution in [1.29, 1.82) is 0 Å². The number of carbonyl (C=O) groups is 1. The molecule has 21 heavy (non-hydrogen) atoms. The van der Waals surface area contributed by atoms with Crippen molar-refractivity contribution in [2.75, 3.05) is 13.1 Å². The maximum atomic E-state index is 11.8. The largest absolute Gasteiger partial charge is 0.355 e. The average molecular weight is 290 g/mol. The van der Waals surface area contributed by atoms with Gasteiger partial charge >= 0.3 is 0 Å². The van der Waals surface area contributed by atoms with Gasteiger partial charge in [0.25, 0.3) is 0 Å². The molecule has 5 nitrogen and oxygen atoms in total. The molecule has 0 unspecified atom stereocenters. The number of allylic oxidation sites excluding steroid dienone is 1. The smallest absolute Gasteiger partial charge is 0.233 e. The minimum Gasteiger partial charge on any atom is -0.355 e. The van der Waals surface area contributed by atoms with Gasteiger partial charge in [-0.2, -0.15) is 5.10 Å². The fraction of sp³-hybridized carbons (Fsp3) is 0.625. The van der Waals surface area contributed by atoms with E-state index in [-0.39, 0.29) is 11.9 Å². The van der Waals surface area contributed by atoms with Crippen LogP contribution in [0.2, 0.25) is 0 Å². The molecular weight excluding hydrogens is 264 g/mol. The molecule has 0 spiro atoms. The van der Waals surface area contributed by atoms with Crippen LogP contribution in [0.4, 0.5) is 0 Å². The minimum atomic E-state index is 0.0683. The zero-order valence-electron chi connectivity index (χ0n) is 12.8. The summed E-state index contributed by atoms with van der Waals surface area (Å²) in [5.74, 6) is 0.0683. The Bertz CT molecular complexity index is 453. The van der Waals surface area contributed by atoms with Gasteiger partial charge in [-0.3, -0.25) is 9.48 Å². The summed E-state index contributed by atoms with van der Waals surface area (Å²) in [6.07, 6.45) is 12.0. The highest BCUT2D eigenvalue weighted by molar-refractivity contribution is 5.77. The average Bonchev–Trinajstić information content (AvgIpc) is 2.99. The maximum Gasteiger partial charge on any atom is 0.233 e. The van der Waals surface area contributed by atoms with Crippen molar-refractivity contribution >= 4 is 5.91 Å². The summed E-state index contributed by atoms with van der Waals surface area (Å²) in [6, 6.07) is 2.12. The molecular formula is C16H26N4O. The Balaban J connectivity index is 1.55. The Morgan fingerprint density at radius 1 is 1.48 bits per heavy atom. The third-order valence-electron chi connectivity index (χ3n) is 3.78. The highest BCUT2D eigenvalue weighted by Gasteiger charge is 2.07. The van der Waals surface area contributed by atoms with Crippen LogP contribution in [0.15, 0.2) is 30.1 Å². The van der Waals surface area contributed by atoms with Gasteiger partial charge in [0.1, 0.15) is 0 Å². The van der Waals surface area contributed by atoms with Gasteiger partial charge in [0, 0.05) is 25.0 Å². The number of hydrogen-bond donors (Lipinski definition) is 2. The van der Waals surface area contributed by atoms with E-state index in [0.29, 0.717) is 6.54 Å². The molecule has 1 aliphatic carbocycles. The van der Waals surface area contributed by atoms with E-state index in [2.05, 4.69) is 28.7 Å². The standard InChI is InChI=1S/C16H26N4O/c1-14(13-20-11-5-9-19-20)18-12-16(21)17-10-8-15-6-3-2-4-7-15/h5-6,9,11,14,18H,2-4,7-8,10,12-13H2,1H3,(H,17,21)/t14-/m0/s1. The quantitative estimate of drug-likeness (QED) is 0.719. The SMILES string of the molecule is C[C@@H](Cn1cccn1)NCC(=O)NCCC1=CCCCC1. The maximum absolute atomic E-state index is 11.8. The zero-order valence-corrected chi connectivity index (χ0v) is 12.8. The molecule has 0 aromatic carbocycles. The van der Waals surface area contributed by atoms with Crippen molar-refractivity contribution in [3.63, 3.8) is 0 Å². The third kappa shape index (κ3) is 6.12. The molecule has 0 radical (unpaired) electrons. The van der Waals surface area contributed by atoms with Crippen LogP contribution in [-0.4, -0.2) is 34.8 Å². The van der Waals surface area contributed by atoms with Gasteiger partial charge < -0.3 is 10.6 Å². The van der Waals surface area contributed by atoms with E-state index in [4.69, 9.17) is 0 Å². The van der Waals surface area contributed by atoms with E-state index in [1.807, 2.05) is 16.9 Å². The lowest BCUT2D eigenvalue weighted by atomic mass is 9.97. The van der Waals surface area contributed by atoms with Crippen LogP contribution in [0.25, 0.3) is 0 Å². The van der Waals surface area contributed by atoms with E-state index in [9.17, 15) is 4.79 Å². The van der Waals surface area contributed by atoms with Crippen LogP contribution < -0.4 is 10.6 Å². The number of aromatic nitrogens is 2. The summed E-state index contributed by atoms with van der Waals surface area (Å²) in [5.41, 5.74) is 1.50. The first-order valence-corrected chi connectivity index (χ1v) is 7.89. The third-order valence-corrected chi connectivity index (χ3v) is 3.78. The zero-order chi connectivity index (χ0) is 14.9. The van der Waals surface area contributed by atoms with Crippen LogP contribution in [-0.2, 0) is 11.3 Å². The molecule has 1 aromatic heterocycles. The van der Waals surface area contributed by atoms with Crippen molar-refractivity contribution in [3.8, 4) is 0 Å². The van der Waals surface area contributed by atoms with Crippen LogP contribution in [0.3, 0.4) is 0 Å². The molecule has 0 fully saturated rings. The number of nitrogens with one attached hydrogen (secondary N) is 2. The topological polar surface area (TPSA) is 59.0 Å². The summed E-state index contributed by atoms with van der Waals surface area (Å²) < 4.78 is 1.87. The Hall–Kier alpha value is -1.62. The molecule has 0 aliphatic heterocycles. The molecule has 2 N–H and O–H groups in total. The van der Waals surface area contributed by atoms with Gasteiger partial charge in [0.2, 0.25) is 5.91 Å². The molecule has 1 amide bonds. The summed E-state index contributed by atoms with van der Waals surface area (Å²) in [6.45, 7) is 3.94. The summed E-state index contributed by atoms with van der Waals surface area (Å²) in [4.78, 5) is 11.8. The Kier molecular flexibility index (Phi) is 6.47. The fourth-order valence-corrected chi connectivity index (χ4v) is 2.58. The lowest BCUT2D eigenvalue weighted by Crippen LogP contribution is -2.40. The van der Waals surface area contributed by atoms with Crippen molar-refractivity contribution < 1.29 is 4.79 Å². The van der Waals surface area contributed by atoms with Crippen LogP contribution in [0, 0.1) is 0 Å². The second kappa shape index (κ2) is 8.62. The molecule has 1 atom stereocenters. The highest BCUT2D eigenvalue weighted by Crippen LogP contribution is 2.19. The van der Waals surface area contributed by atoms with Crippen LogP contribution >= 0.6 is 0 Å². The van der Waals surface area contributed by atoms with Crippen LogP contribution in [0.5, 0.6) is 0 Å². The monoisotopic (exact) mass is 290 g/mol. The van der Waals surface area contributed by atoms with E-state index < -0.39 is 0 Å². The van der Waals surface area contributed by atoms with Crippen molar-refractivity contribution in [3.05, 3.63) is 30.1 Å². The number of carbonyl (C=O) groups excluding carboxylic acids is 1. The van der Waals surface area contributed by atoms with Crippen LogP contribution in [0.1, 0.15) is 39.0 Å². The molecule has 0 saturated carbocycles. The second-order valence-electron chi connectivity index (χ2n) is 5.72. The van der Waals surface area contributed by atoms with E-state index in [1.165, 1.54) is 31.3 Å². The lowest BCUT2D eigenvalue weighted by Gasteiger charge is -2.15. The predicted octanol–water partition coefficient (Wildman–Crippen LogP) is 1.87. The number of amides is 1. The Morgan fingerprint density at radius 2 is 2.38 bits per heavy atom. The Labute approximate surface area is 126 Å². The van der Waals surface area contributed by atoms with Gasteiger partial charge in [0.05, 0.1) is 13.1 Å². The van der Waals surface area contributed by atoms with E-state index >= 15 is 0 Å². The van der Waals surface area contributed by atoms with Gasteiger partial charge in [-0.25, -0.2) is 0 Å². The first kappa shape index (κ1) is 15.8. The van der Waals surface area contributed by atoms with E-state index in [0.717, 1.165) is 19.5 Å². The van der Waals surface area contributed by atoms with Crippen molar-refractivity contribution in [2.24, 2.45) is 0 Å². The van der Waals surface area contributed by atoms with Gasteiger partial charge in [0.15, 0.2) is 0 Å². The minimum absolute atomic E-state index is 0.0683. The molecule has 0 bridgehead atoms. The van der Waals surface area contributed by atoms with Gasteiger partial charge in [-0.15, -0.1) is 0 Å². The van der Waals surface area contributed by atoms with Gasteiger partial charge in [-0.1, -0.05) is 11.6 Å². The van der Waals surface area contributed by atoms with Crippen molar-refractivity contribution in [2.45, 2.75) is 51.6 Å². The highest BCUT2D eigenvalue weighted by atomic mass is 16.1. The number of nitrogens with zero attached hydrogens (tertiary/aromatic N) is 2. The number of rotatable bonds is 8. The predicted molar refractivity (Wildman–Crippen MR) is 83.9 cm³/mol. The summed E-state index contributed by atoms with van der Waals surface area (Å²) in [5, 5.41) is 10.4.